The van der Waals surface area contributed by atoms with E-state index in [1.165, 1.54) is 0 Å². The van der Waals surface area contributed by atoms with E-state index in [9.17, 15) is 0 Å². The molecule has 0 aliphatic heterocycles. The van der Waals surface area contributed by atoms with E-state index < -0.39 is 5.72 Å². The van der Waals surface area contributed by atoms with Gasteiger partial charge in [-0.3, -0.25) is 0 Å². The van der Waals surface area contributed by atoms with E-state index in [0.717, 1.165) is 13.0 Å². The summed E-state index contributed by atoms with van der Waals surface area (Å²) >= 11 is 0. The maximum atomic E-state index is 6.18. The summed E-state index contributed by atoms with van der Waals surface area (Å²) in [5.74, 6) is 1.51. The lowest BCUT2D eigenvalue weighted by Crippen LogP contribution is -2.46. The highest BCUT2D eigenvalue weighted by Gasteiger charge is 2.40. The van der Waals surface area contributed by atoms with Crippen molar-refractivity contribution in [3.63, 3.8) is 0 Å². The smallest absolute Gasteiger partial charge is 0.116 e. The number of rotatable bonds is 8. The fraction of sp³-hybridized carbons (Fsp3) is 1.00. The Balaban J connectivity index is 4.58. The van der Waals surface area contributed by atoms with Crippen LogP contribution in [-0.2, 0) is 4.74 Å². The first kappa shape index (κ1) is 19.9. The second-order valence-corrected chi connectivity index (χ2v) is 8.72. The molecule has 2 heteroatoms. The average molecular weight is 286 g/mol. The Morgan fingerprint density at radius 1 is 0.850 bits per heavy atom. The van der Waals surface area contributed by atoms with Gasteiger partial charge in [0.1, 0.15) is 5.72 Å². The van der Waals surface area contributed by atoms with Gasteiger partial charge >= 0.3 is 0 Å². The van der Waals surface area contributed by atoms with Crippen LogP contribution in [0.5, 0.6) is 0 Å². The summed E-state index contributed by atoms with van der Waals surface area (Å²) in [6, 6.07) is 0. The molecule has 0 rings (SSSR count). The molecule has 0 aromatic heterocycles. The summed E-state index contributed by atoms with van der Waals surface area (Å²) in [5.41, 5.74) is 6.26. The summed E-state index contributed by atoms with van der Waals surface area (Å²) in [7, 11) is 0. The highest BCUT2D eigenvalue weighted by atomic mass is 16.5. The monoisotopic (exact) mass is 285 g/mol. The molecule has 20 heavy (non-hydrogen) atoms. The molecule has 0 bridgehead atoms. The molecule has 0 saturated carbocycles. The van der Waals surface area contributed by atoms with Crippen LogP contribution in [0.2, 0.25) is 0 Å². The molecular weight excluding hydrogens is 246 g/mol. The summed E-state index contributed by atoms with van der Waals surface area (Å²) < 4.78 is 5.95. The molecule has 0 aromatic rings. The Morgan fingerprint density at radius 2 is 1.30 bits per heavy atom. The Labute approximate surface area is 127 Å². The number of hydrogen-bond donors (Lipinski definition) is 1. The fourth-order valence-electron chi connectivity index (χ4n) is 2.46. The minimum absolute atomic E-state index is 0.284. The predicted molar refractivity (Wildman–Crippen MR) is 89.6 cm³/mol. The van der Waals surface area contributed by atoms with Crippen molar-refractivity contribution in [1.29, 1.82) is 0 Å². The van der Waals surface area contributed by atoms with Crippen molar-refractivity contribution in [3.8, 4) is 0 Å². The van der Waals surface area contributed by atoms with Gasteiger partial charge in [-0.05, 0) is 41.9 Å². The van der Waals surface area contributed by atoms with Gasteiger partial charge in [-0.25, -0.2) is 0 Å². The quantitative estimate of drug-likeness (QED) is 0.632. The van der Waals surface area contributed by atoms with Crippen LogP contribution in [0, 0.1) is 28.6 Å². The highest BCUT2D eigenvalue weighted by molar-refractivity contribution is 4.89. The molecule has 2 nitrogen and oxygen atoms in total. The Morgan fingerprint density at radius 3 is 1.65 bits per heavy atom. The van der Waals surface area contributed by atoms with E-state index in [1.807, 2.05) is 6.92 Å². The molecule has 0 spiro atoms. The van der Waals surface area contributed by atoms with Crippen molar-refractivity contribution in [2.75, 3.05) is 6.61 Å². The van der Waals surface area contributed by atoms with Crippen LogP contribution in [0.4, 0.5) is 0 Å². The number of hydrogen-bond acceptors (Lipinski definition) is 2. The molecule has 2 atom stereocenters. The lowest BCUT2D eigenvalue weighted by molar-refractivity contribution is -0.0816. The normalized spacial score (nSPS) is 18.4. The number of nitrogens with two attached hydrogens (primary N) is 1. The molecule has 0 aromatic carbocycles. The molecular formula is C18H39NO. The zero-order valence-corrected chi connectivity index (χ0v) is 15.6. The topological polar surface area (TPSA) is 35.2 Å². The molecule has 0 fully saturated rings. The van der Waals surface area contributed by atoms with Gasteiger partial charge in [0.05, 0.1) is 6.61 Å². The van der Waals surface area contributed by atoms with E-state index in [-0.39, 0.29) is 5.41 Å². The lowest BCUT2D eigenvalue weighted by atomic mass is 9.59. The van der Waals surface area contributed by atoms with Gasteiger partial charge in [0.2, 0.25) is 0 Å². The Hall–Kier alpha value is -0.0800. The third-order valence-electron chi connectivity index (χ3n) is 5.87. The SMILES string of the molecule is CC(COC(C)(N)C(C)C)CC(C)(C)C(C)(C)C(C)C. The molecule has 0 aliphatic rings. The molecule has 0 radical (unpaired) electrons. The molecule has 0 saturated heterocycles. The van der Waals surface area contributed by atoms with E-state index in [1.54, 1.807) is 0 Å². The van der Waals surface area contributed by atoms with E-state index in [0.29, 0.717) is 23.2 Å². The molecule has 0 amide bonds. The first-order chi connectivity index (χ1) is 8.74. The van der Waals surface area contributed by atoms with Gasteiger partial charge in [-0.2, -0.15) is 0 Å². The highest BCUT2D eigenvalue weighted by Crippen LogP contribution is 2.48. The van der Waals surface area contributed by atoms with Crippen molar-refractivity contribution in [1.82, 2.24) is 0 Å². The minimum atomic E-state index is -0.522. The maximum Gasteiger partial charge on any atom is 0.116 e. The molecule has 2 unspecified atom stereocenters. The fourth-order valence-corrected chi connectivity index (χ4v) is 2.46. The standard InChI is InChI=1S/C18H39NO/c1-13(2)17(8,9)16(6,7)11-15(5)12-20-18(10,19)14(3)4/h13-15H,11-12,19H2,1-10H3. The van der Waals surface area contributed by atoms with Gasteiger partial charge in [-0.15, -0.1) is 0 Å². The molecule has 0 aliphatic carbocycles. The average Bonchev–Trinajstić information content (AvgIpc) is 2.25. The first-order valence-corrected chi connectivity index (χ1v) is 8.17. The van der Waals surface area contributed by atoms with E-state index in [4.69, 9.17) is 10.5 Å². The van der Waals surface area contributed by atoms with Crippen molar-refractivity contribution in [2.45, 2.75) is 81.4 Å². The van der Waals surface area contributed by atoms with E-state index in [2.05, 4.69) is 62.3 Å². The van der Waals surface area contributed by atoms with Gasteiger partial charge < -0.3 is 10.5 Å². The Kier molecular flexibility index (Phi) is 6.76. The minimum Gasteiger partial charge on any atom is -0.361 e. The Bertz CT molecular complexity index is 290. The third kappa shape index (κ3) is 5.04. The summed E-state index contributed by atoms with van der Waals surface area (Å²) in [6.07, 6.45) is 1.16. The van der Waals surface area contributed by atoms with Crippen molar-refractivity contribution < 1.29 is 4.74 Å². The first-order valence-electron chi connectivity index (χ1n) is 8.17. The van der Waals surface area contributed by atoms with Gasteiger partial charge in [-0.1, -0.05) is 62.3 Å². The van der Waals surface area contributed by atoms with Crippen LogP contribution >= 0.6 is 0 Å². The summed E-state index contributed by atoms with van der Waals surface area (Å²) in [5, 5.41) is 0. The maximum absolute atomic E-state index is 6.18. The van der Waals surface area contributed by atoms with Crippen LogP contribution < -0.4 is 5.73 Å². The largest absolute Gasteiger partial charge is 0.361 e. The molecule has 122 valence electrons. The van der Waals surface area contributed by atoms with Crippen molar-refractivity contribution in [3.05, 3.63) is 0 Å². The summed E-state index contributed by atoms with van der Waals surface area (Å²) in [6.45, 7) is 23.4. The zero-order valence-electron chi connectivity index (χ0n) is 15.6. The van der Waals surface area contributed by atoms with Gasteiger partial charge in [0, 0.05) is 0 Å². The number of ether oxygens (including phenoxy) is 1. The van der Waals surface area contributed by atoms with Crippen LogP contribution in [-0.4, -0.2) is 12.3 Å². The third-order valence-corrected chi connectivity index (χ3v) is 5.87. The van der Waals surface area contributed by atoms with Crippen LogP contribution in [0.1, 0.15) is 75.7 Å². The summed E-state index contributed by atoms with van der Waals surface area (Å²) in [4.78, 5) is 0. The van der Waals surface area contributed by atoms with Crippen LogP contribution in [0.15, 0.2) is 0 Å². The zero-order chi connectivity index (χ0) is 16.4. The van der Waals surface area contributed by atoms with Crippen molar-refractivity contribution in [2.24, 2.45) is 34.3 Å². The predicted octanol–water partition coefficient (Wildman–Crippen LogP) is 5.07. The van der Waals surface area contributed by atoms with Gasteiger partial charge in [0.15, 0.2) is 0 Å². The lowest BCUT2D eigenvalue weighted by Gasteiger charge is -2.46. The van der Waals surface area contributed by atoms with Crippen LogP contribution in [0.25, 0.3) is 0 Å². The molecule has 0 heterocycles. The second-order valence-electron chi connectivity index (χ2n) is 8.72. The second kappa shape index (κ2) is 6.79. The molecule has 2 N–H and O–H groups in total. The van der Waals surface area contributed by atoms with Crippen molar-refractivity contribution >= 4 is 0 Å². The van der Waals surface area contributed by atoms with Gasteiger partial charge in [0.25, 0.3) is 0 Å². The van der Waals surface area contributed by atoms with Crippen LogP contribution in [0.3, 0.4) is 0 Å². The van der Waals surface area contributed by atoms with E-state index >= 15 is 0 Å².